The van der Waals surface area contributed by atoms with E-state index in [2.05, 4.69) is 11.1 Å². The van der Waals surface area contributed by atoms with Crippen LogP contribution in [0.25, 0.3) is 0 Å². The minimum atomic E-state index is -1.42. The van der Waals surface area contributed by atoms with Crippen LogP contribution >= 0.6 is 11.6 Å². The number of carboxylic acids is 1. The van der Waals surface area contributed by atoms with Gasteiger partial charge in [-0.05, 0) is 31.5 Å². The van der Waals surface area contributed by atoms with Crippen LogP contribution in [0.15, 0.2) is 23.2 Å². The Balaban J connectivity index is 2.73. The Morgan fingerprint density at radius 2 is 2.25 bits per heavy atom. The summed E-state index contributed by atoms with van der Waals surface area (Å²) in [6.07, 6.45) is 0. The van der Waals surface area contributed by atoms with Gasteiger partial charge >= 0.3 is 5.97 Å². The van der Waals surface area contributed by atoms with E-state index in [-0.39, 0.29) is 11.6 Å². The highest BCUT2D eigenvalue weighted by molar-refractivity contribution is 6.31. The highest BCUT2D eigenvalue weighted by Crippen LogP contribution is 2.50. The second-order valence-corrected chi connectivity index (χ2v) is 6.49. The van der Waals surface area contributed by atoms with Crippen LogP contribution in [0.1, 0.15) is 25.3 Å². The number of hydrogen-bond acceptors (Lipinski definition) is 4. The van der Waals surface area contributed by atoms with E-state index >= 15 is 0 Å². The molecule has 2 rings (SSSR count). The van der Waals surface area contributed by atoms with Crippen molar-refractivity contribution in [1.29, 1.82) is 5.26 Å². The van der Waals surface area contributed by atoms with E-state index in [9.17, 15) is 19.6 Å². The number of carboxylic acid groups (broad SMARTS) is 1. The maximum Gasteiger partial charge on any atom is 0.312 e. The first-order valence-electron chi connectivity index (χ1n) is 7.38. The molecule has 0 bridgehead atoms. The predicted molar refractivity (Wildman–Crippen MR) is 87.8 cm³/mol. The maximum absolute atomic E-state index is 13.4. The predicted octanol–water partition coefficient (Wildman–Crippen LogP) is 3.28. The van der Waals surface area contributed by atoms with Crippen LogP contribution in [0.5, 0.6) is 0 Å². The molecular weight excluding hydrogens is 335 g/mol. The fraction of sp³-hybridized carbons (Fsp3) is 0.471. The second kappa shape index (κ2) is 6.88. The Hall–Kier alpha value is -1.97. The molecule has 0 saturated carbocycles. The minimum Gasteiger partial charge on any atom is -0.481 e. The molecule has 1 heterocycles. The smallest absolute Gasteiger partial charge is 0.312 e. The lowest BCUT2D eigenvalue weighted by atomic mass is 9.61. The lowest BCUT2D eigenvalue weighted by molar-refractivity contribution is -0.152. The summed E-state index contributed by atoms with van der Waals surface area (Å²) in [6, 6.07) is 5.22. The monoisotopic (exact) mass is 352 g/mol. The Kier molecular flexibility index (Phi) is 5.26. The van der Waals surface area contributed by atoms with Crippen LogP contribution in [-0.4, -0.2) is 36.5 Å². The van der Waals surface area contributed by atoms with Crippen molar-refractivity contribution >= 4 is 23.3 Å². The van der Waals surface area contributed by atoms with Crippen molar-refractivity contribution in [1.82, 2.24) is 0 Å². The number of carbonyl (C=O) groups is 1. The molecule has 4 unspecified atom stereocenters. The third-order valence-electron chi connectivity index (χ3n) is 4.70. The average molecular weight is 353 g/mol. The van der Waals surface area contributed by atoms with E-state index in [1.54, 1.807) is 6.92 Å². The number of benzene rings is 1. The number of rotatable bonds is 4. The van der Waals surface area contributed by atoms with Crippen molar-refractivity contribution in [3.63, 3.8) is 0 Å². The van der Waals surface area contributed by atoms with Gasteiger partial charge in [-0.25, -0.2) is 4.39 Å². The number of aliphatic carboxylic acids is 1. The molecule has 1 aliphatic heterocycles. The summed E-state index contributed by atoms with van der Waals surface area (Å²) in [5, 5.41) is 19.6. The number of nitrogens with zero attached hydrogens (tertiary/aromatic N) is 2. The van der Waals surface area contributed by atoms with E-state index in [0.29, 0.717) is 11.3 Å². The molecule has 0 amide bonds. The van der Waals surface area contributed by atoms with Gasteiger partial charge in [0, 0.05) is 23.8 Å². The number of aliphatic imine (C=N–C) groups is 1. The van der Waals surface area contributed by atoms with E-state index < -0.39 is 35.1 Å². The molecule has 0 spiro atoms. The third kappa shape index (κ3) is 2.90. The molecule has 5 nitrogen and oxygen atoms in total. The van der Waals surface area contributed by atoms with Crippen molar-refractivity contribution in [2.45, 2.75) is 25.8 Å². The zero-order valence-electron chi connectivity index (χ0n) is 13.6. The van der Waals surface area contributed by atoms with Gasteiger partial charge in [-0.1, -0.05) is 17.7 Å². The molecule has 1 aromatic rings. The van der Waals surface area contributed by atoms with Crippen LogP contribution in [0.4, 0.5) is 4.39 Å². The third-order valence-corrected chi connectivity index (χ3v) is 5.03. The lowest BCUT2D eigenvalue weighted by Crippen LogP contribution is -2.52. The molecule has 1 N–H and O–H groups in total. The summed E-state index contributed by atoms with van der Waals surface area (Å²) < 4.78 is 18.5. The molecule has 24 heavy (non-hydrogen) atoms. The fourth-order valence-corrected chi connectivity index (χ4v) is 3.61. The van der Waals surface area contributed by atoms with Gasteiger partial charge in [0.05, 0.1) is 30.1 Å². The van der Waals surface area contributed by atoms with E-state index in [4.69, 9.17) is 16.3 Å². The highest BCUT2D eigenvalue weighted by Gasteiger charge is 2.55. The Bertz CT molecular complexity index is 731. The Morgan fingerprint density at radius 1 is 1.58 bits per heavy atom. The van der Waals surface area contributed by atoms with Gasteiger partial charge < -0.3 is 9.84 Å². The second-order valence-electron chi connectivity index (χ2n) is 6.08. The van der Waals surface area contributed by atoms with Crippen molar-refractivity contribution < 1.29 is 19.0 Å². The van der Waals surface area contributed by atoms with Gasteiger partial charge in [-0.3, -0.25) is 9.79 Å². The number of nitriles is 1. The number of ether oxygens (including phenoxy) is 1. The van der Waals surface area contributed by atoms with Gasteiger partial charge in [0.15, 0.2) is 0 Å². The molecule has 4 atom stereocenters. The van der Waals surface area contributed by atoms with Gasteiger partial charge in [0.2, 0.25) is 0 Å². The van der Waals surface area contributed by atoms with Crippen LogP contribution in [0.3, 0.4) is 0 Å². The first-order valence-corrected chi connectivity index (χ1v) is 7.76. The van der Waals surface area contributed by atoms with E-state index in [1.807, 2.05) is 0 Å². The topological polar surface area (TPSA) is 82.7 Å². The summed E-state index contributed by atoms with van der Waals surface area (Å²) in [5.41, 5.74) is -0.481. The average Bonchev–Trinajstić information content (AvgIpc) is 2.51. The van der Waals surface area contributed by atoms with Crippen LogP contribution < -0.4 is 0 Å². The van der Waals surface area contributed by atoms with Crippen LogP contribution in [0.2, 0.25) is 5.02 Å². The zero-order valence-corrected chi connectivity index (χ0v) is 14.3. The van der Waals surface area contributed by atoms with E-state index in [1.165, 1.54) is 26.2 Å². The number of methoxy groups -OCH3 is 1. The van der Waals surface area contributed by atoms with Crippen molar-refractivity contribution in [3.8, 4) is 6.07 Å². The Morgan fingerprint density at radius 3 is 2.75 bits per heavy atom. The molecular formula is C17H18ClFN2O3. The maximum atomic E-state index is 13.4. The van der Waals surface area contributed by atoms with Crippen LogP contribution in [-0.2, 0) is 9.53 Å². The first kappa shape index (κ1) is 18.4. The van der Waals surface area contributed by atoms with Gasteiger partial charge in [0.25, 0.3) is 0 Å². The molecule has 1 aliphatic rings. The van der Waals surface area contributed by atoms with E-state index in [0.717, 1.165) is 6.07 Å². The quantitative estimate of drug-likeness (QED) is 0.901. The fourth-order valence-electron chi connectivity index (χ4n) is 3.32. The number of hydrogen-bond donors (Lipinski definition) is 1. The summed E-state index contributed by atoms with van der Waals surface area (Å²) in [5.74, 6) is -3.18. The van der Waals surface area contributed by atoms with Crippen molar-refractivity contribution in [2.75, 3.05) is 13.7 Å². The van der Waals surface area contributed by atoms with Gasteiger partial charge in [-0.15, -0.1) is 0 Å². The minimum absolute atomic E-state index is 0.0909. The zero-order chi connectivity index (χ0) is 18.1. The largest absolute Gasteiger partial charge is 0.481 e. The van der Waals surface area contributed by atoms with Crippen molar-refractivity contribution in [3.05, 3.63) is 34.6 Å². The summed E-state index contributed by atoms with van der Waals surface area (Å²) >= 11 is 6.18. The SMILES string of the molecule is COCC1N=C(C)C(C#N)C(c2ccc(F)cc2Cl)C1(C)C(=O)O. The molecule has 7 heteroatoms. The van der Waals surface area contributed by atoms with Crippen LogP contribution in [0, 0.1) is 28.5 Å². The van der Waals surface area contributed by atoms with Crippen molar-refractivity contribution in [2.24, 2.45) is 16.3 Å². The highest BCUT2D eigenvalue weighted by atomic mass is 35.5. The Labute approximate surface area is 144 Å². The molecule has 0 saturated heterocycles. The van der Waals surface area contributed by atoms with Gasteiger partial charge in [0.1, 0.15) is 5.82 Å². The molecule has 128 valence electrons. The number of halogens is 2. The molecule has 0 aliphatic carbocycles. The normalized spacial score (nSPS) is 29.7. The summed E-state index contributed by atoms with van der Waals surface area (Å²) in [6.45, 7) is 3.31. The standard InChI is InChI=1S/C17H18ClFN2O3/c1-9-12(7-20)15(11-5-4-10(19)6-13(11)18)17(2,16(22)23)14(21-9)8-24-3/h4-6,12,14-15H,8H2,1-3H3,(H,22,23). The molecule has 1 aromatic carbocycles. The molecule has 0 fully saturated rings. The lowest BCUT2D eigenvalue weighted by Gasteiger charge is -2.44. The first-order chi connectivity index (χ1) is 11.3. The summed E-state index contributed by atoms with van der Waals surface area (Å²) in [4.78, 5) is 16.5. The summed E-state index contributed by atoms with van der Waals surface area (Å²) in [7, 11) is 1.46. The molecule has 0 radical (unpaired) electrons. The van der Waals surface area contributed by atoms with Gasteiger partial charge in [-0.2, -0.15) is 5.26 Å². The molecule has 0 aromatic heterocycles.